The summed E-state index contributed by atoms with van der Waals surface area (Å²) in [6.07, 6.45) is 2.79. The number of nitrogens with zero attached hydrogens (tertiary/aromatic N) is 1. The fraction of sp³-hybridized carbons (Fsp3) is 0.500. The number of fused-ring (bicyclic) bond motifs is 1. The lowest BCUT2D eigenvalue weighted by Gasteiger charge is -2.31. The Labute approximate surface area is 108 Å². The zero-order chi connectivity index (χ0) is 13.0. The number of rotatable bonds is 4. The fourth-order valence-corrected chi connectivity index (χ4v) is 2.15. The molecule has 0 bridgehead atoms. The van der Waals surface area contributed by atoms with E-state index in [0.717, 1.165) is 30.7 Å². The third-order valence-electron chi connectivity index (χ3n) is 3.18. The molecular formula is C14H20N2O2. The van der Waals surface area contributed by atoms with Gasteiger partial charge >= 0.3 is 0 Å². The van der Waals surface area contributed by atoms with Crippen LogP contribution in [0.5, 0.6) is 5.75 Å². The highest BCUT2D eigenvalue weighted by Crippen LogP contribution is 2.31. The number of benzene rings is 1. The number of hydrogen-bond acceptors (Lipinski definition) is 3. The first kappa shape index (κ1) is 12.9. The van der Waals surface area contributed by atoms with E-state index in [1.807, 2.05) is 24.3 Å². The summed E-state index contributed by atoms with van der Waals surface area (Å²) in [6.45, 7) is 3.21. The van der Waals surface area contributed by atoms with Gasteiger partial charge in [0.1, 0.15) is 12.4 Å². The normalized spacial score (nSPS) is 15.8. The SMILES string of the molecule is CCCC[C@H](N)C(=O)N1CCOc2ccccc21. The van der Waals surface area contributed by atoms with Crippen molar-refractivity contribution in [2.75, 3.05) is 18.1 Å². The molecule has 0 aliphatic carbocycles. The standard InChI is InChI=1S/C14H20N2O2/c1-2-3-6-11(15)14(17)16-9-10-18-13-8-5-4-7-12(13)16/h4-5,7-8,11H,2-3,6,9-10,15H2,1H3/t11-/m0/s1. The summed E-state index contributed by atoms with van der Waals surface area (Å²) in [4.78, 5) is 14.1. The summed E-state index contributed by atoms with van der Waals surface area (Å²) < 4.78 is 5.53. The van der Waals surface area contributed by atoms with Crippen LogP contribution in [0.15, 0.2) is 24.3 Å². The van der Waals surface area contributed by atoms with E-state index in [2.05, 4.69) is 6.92 Å². The van der Waals surface area contributed by atoms with E-state index >= 15 is 0 Å². The Morgan fingerprint density at radius 3 is 3.06 bits per heavy atom. The molecule has 0 radical (unpaired) electrons. The average Bonchev–Trinajstić information content (AvgIpc) is 2.43. The molecule has 4 heteroatoms. The number of ether oxygens (including phenoxy) is 1. The average molecular weight is 248 g/mol. The maximum Gasteiger partial charge on any atom is 0.244 e. The first-order valence-corrected chi connectivity index (χ1v) is 6.53. The molecule has 1 aliphatic heterocycles. The van der Waals surface area contributed by atoms with Crippen LogP contribution in [0.1, 0.15) is 26.2 Å². The maximum atomic E-state index is 12.3. The highest BCUT2D eigenvalue weighted by Gasteiger charge is 2.26. The zero-order valence-electron chi connectivity index (χ0n) is 10.8. The number of nitrogens with two attached hydrogens (primary N) is 1. The Kier molecular flexibility index (Phi) is 4.20. The molecular weight excluding hydrogens is 228 g/mol. The van der Waals surface area contributed by atoms with Crippen molar-refractivity contribution in [3.05, 3.63) is 24.3 Å². The molecule has 0 fully saturated rings. The second-order valence-electron chi connectivity index (χ2n) is 4.55. The van der Waals surface area contributed by atoms with Crippen molar-refractivity contribution >= 4 is 11.6 Å². The monoisotopic (exact) mass is 248 g/mol. The van der Waals surface area contributed by atoms with Gasteiger partial charge in [0.05, 0.1) is 18.3 Å². The van der Waals surface area contributed by atoms with Crippen LogP contribution < -0.4 is 15.4 Å². The molecule has 1 amide bonds. The molecule has 1 aliphatic rings. The fourth-order valence-electron chi connectivity index (χ4n) is 2.15. The molecule has 1 aromatic carbocycles. The van der Waals surface area contributed by atoms with Gasteiger partial charge in [0, 0.05) is 0 Å². The Hall–Kier alpha value is -1.55. The molecule has 4 nitrogen and oxygen atoms in total. The lowest BCUT2D eigenvalue weighted by molar-refractivity contribution is -0.120. The van der Waals surface area contributed by atoms with Crippen molar-refractivity contribution in [2.45, 2.75) is 32.2 Å². The van der Waals surface area contributed by atoms with Crippen LogP contribution in [0.3, 0.4) is 0 Å². The van der Waals surface area contributed by atoms with Crippen LogP contribution in [0.2, 0.25) is 0 Å². The van der Waals surface area contributed by atoms with Crippen molar-refractivity contribution in [3.63, 3.8) is 0 Å². The predicted octanol–water partition coefficient (Wildman–Crippen LogP) is 1.93. The third-order valence-corrected chi connectivity index (χ3v) is 3.18. The predicted molar refractivity (Wildman–Crippen MR) is 71.8 cm³/mol. The molecule has 0 saturated carbocycles. The van der Waals surface area contributed by atoms with Gasteiger partial charge in [-0.15, -0.1) is 0 Å². The molecule has 2 rings (SSSR count). The van der Waals surface area contributed by atoms with Gasteiger partial charge in [-0.05, 0) is 18.6 Å². The van der Waals surface area contributed by atoms with E-state index in [1.165, 1.54) is 0 Å². The molecule has 0 saturated heterocycles. The summed E-state index contributed by atoms with van der Waals surface area (Å²) >= 11 is 0. The van der Waals surface area contributed by atoms with Crippen LogP contribution in [-0.4, -0.2) is 25.1 Å². The number of hydrogen-bond donors (Lipinski definition) is 1. The number of para-hydroxylation sites is 2. The van der Waals surface area contributed by atoms with Gasteiger partial charge in [0.25, 0.3) is 0 Å². The molecule has 0 unspecified atom stereocenters. The number of anilines is 1. The van der Waals surface area contributed by atoms with Crippen LogP contribution in [0.4, 0.5) is 5.69 Å². The zero-order valence-corrected chi connectivity index (χ0v) is 10.8. The number of amides is 1. The molecule has 1 atom stereocenters. The van der Waals surface area contributed by atoms with Gasteiger partial charge in [-0.25, -0.2) is 0 Å². The quantitative estimate of drug-likeness (QED) is 0.885. The molecule has 98 valence electrons. The van der Waals surface area contributed by atoms with Crippen molar-refractivity contribution in [1.29, 1.82) is 0 Å². The molecule has 1 aromatic rings. The topological polar surface area (TPSA) is 55.6 Å². The highest BCUT2D eigenvalue weighted by molar-refractivity contribution is 5.98. The molecule has 0 aromatic heterocycles. The van der Waals surface area contributed by atoms with Gasteiger partial charge in [-0.3, -0.25) is 4.79 Å². The summed E-state index contributed by atoms with van der Waals surface area (Å²) in [6, 6.07) is 7.19. The Morgan fingerprint density at radius 1 is 1.50 bits per heavy atom. The minimum absolute atomic E-state index is 0.000741. The summed E-state index contributed by atoms with van der Waals surface area (Å²) in [5, 5.41) is 0. The van der Waals surface area contributed by atoms with Gasteiger partial charge in [-0.2, -0.15) is 0 Å². The summed E-state index contributed by atoms with van der Waals surface area (Å²) in [5.74, 6) is 0.763. The van der Waals surface area contributed by atoms with Gasteiger partial charge in [-0.1, -0.05) is 31.9 Å². The number of carbonyl (C=O) groups excluding carboxylic acids is 1. The van der Waals surface area contributed by atoms with Crippen molar-refractivity contribution in [1.82, 2.24) is 0 Å². The molecule has 0 spiro atoms. The lowest BCUT2D eigenvalue weighted by Crippen LogP contribution is -2.47. The van der Waals surface area contributed by atoms with E-state index < -0.39 is 6.04 Å². The lowest BCUT2D eigenvalue weighted by atomic mass is 10.1. The Bertz CT molecular complexity index is 420. The minimum Gasteiger partial charge on any atom is -0.490 e. The van der Waals surface area contributed by atoms with Crippen LogP contribution >= 0.6 is 0 Å². The van der Waals surface area contributed by atoms with Gasteiger partial charge in [0.2, 0.25) is 5.91 Å². The van der Waals surface area contributed by atoms with Crippen LogP contribution in [0.25, 0.3) is 0 Å². The molecule has 1 heterocycles. The van der Waals surface area contributed by atoms with E-state index in [1.54, 1.807) is 4.90 Å². The number of carbonyl (C=O) groups is 1. The summed E-state index contributed by atoms with van der Waals surface area (Å²) in [5.41, 5.74) is 6.79. The van der Waals surface area contributed by atoms with Gasteiger partial charge in [0.15, 0.2) is 0 Å². The van der Waals surface area contributed by atoms with Crippen molar-refractivity contribution in [3.8, 4) is 5.75 Å². The second-order valence-corrected chi connectivity index (χ2v) is 4.55. The molecule has 2 N–H and O–H groups in total. The highest BCUT2D eigenvalue weighted by atomic mass is 16.5. The van der Waals surface area contributed by atoms with E-state index in [9.17, 15) is 4.79 Å². The summed E-state index contributed by atoms with van der Waals surface area (Å²) in [7, 11) is 0. The van der Waals surface area contributed by atoms with Gasteiger partial charge < -0.3 is 15.4 Å². The Morgan fingerprint density at radius 2 is 2.28 bits per heavy atom. The number of unbranched alkanes of at least 4 members (excludes halogenated alkanes) is 1. The van der Waals surface area contributed by atoms with Crippen molar-refractivity contribution < 1.29 is 9.53 Å². The maximum absolute atomic E-state index is 12.3. The van der Waals surface area contributed by atoms with E-state index in [-0.39, 0.29) is 5.91 Å². The van der Waals surface area contributed by atoms with Crippen molar-refractivity contribution in [2.24, 2.45) is 5.73 Å². The van der Waals surface area contributed by atoms with Crippen LogP contribution in [-0.2, 0) is 4.79 Å². The third kappa shape index (κ3) is 2.64. The van der Waals surface area contributed by atoms with E-state index in [4.69, 9.17) is 10.5 Å². The van der Waals surface area contributed by atoms with Crippen LogP contribution in [0, 0.1) is 0 Å². The minimum atomic E-state index is -0.406. The largest absolute Gasteiger partial charge is 0.490 e. The smallest absolute Gasteiger partial charge is 0.244 e. The van der Waals surface area contributed by atoms with E-state index in [0.29, 0.717) is 13.2 Å². The second kappa shape index (κ2) is 5.87. The first-order chi connectivity index (χ1) is 8.74. The molecule has 18 heavy (non-hydrogen) atoms. The Balaban J connectivity index is 2.12. The first-order valence-electron chi connectivity index (χ1n) is 6.53.